The lowest BCUT2D eigenvalue weighted by atomic mass is 9.99. The van der Waals surface area contributed by atoms with Crippen LogP contribution < -0.4 is 5.32 Å². The minimum absolute atomic E-state index is 0.0364. The Morgan fingerprint density at radius 3 is 2.34 bits per heavy atom. The molecular weight excluding hydrogens is 566 g/mol. The predicted molar refractivity (Wildman–Crippen MR) is 156 cm³/mol. The lowest BCUT2D eigenvalue weighted by Crippen LogP contribution is -2.50. The maximum absolute atomic E-state index is 13.6. The summed E-state index contributed by atoms with van der Waals surface area (Å²) < 4.78 is 2.03. The highest BCUT2D eigenvalue weighted by molar-refractivity contribution is 7.15. The van der Waals surface area contributed by atoms with Gasteiger partial charge in [-0.2, -0.15) is 0 Å². The van der Waals surface area contributed by atoms with Gasteiger partial charge in [0.15, 0.2) is 5.82 Å². The van der Waals surface area contributed by atoms with E-state index in [0.29, 0.717) is 43.4 Å². The summed E-state index contributed by atoms with van der Waals surface area (Å²) in [6.07, 6.45) is -0.282. The molecule has 1 atom stereocenters. The quantitative estimate of drug-likeness (QED) is 0.397. The maximum Gasteiger partial charge on any atom is 0.404 e. The molecule has 2 N–H and O–H groups in total. The molecular formula is C28H32ClN7O4S. The number of carboxylic acid groups (broad SMARTS) is 1. The molecule has 0 aliphatic carbocycles. The predicted octanol–water partition coefficient (Wildman–Crippen LogP) is 3.91. The summed E-state index contributed by atoms with van der Waals surface area (Å²) in [6, 6.07) is 7.03. The highest BCUT2D eigenvalue weighted by atomic mass is 35.5. The molecule has 0 bridgehead atoms. The molecule has 11 nitrogen and oxygen atoms in total. The van der Waals surface area contributed by atoms with Crippen molar-refractivity contribution in [2.75, 3.05) is 32.7 Å². The fraction of sp³-hybridized carbons (Fsp3) is 0.429. The third-order valence-corrected chi connectivity index (χ3v) is 9.00. The summed E-state index contributed by atoms with van der Waals surface area (Å²) in [7, 11) is 0. The number of aryl methyl sites for hydroxylation is 2. The molecule has 0 unspecified atom stereocenters. The Kier molecular flexibility index (Phi) is 8.41. The number of benzene rings is 1. The lowest BCUT2D eigenvalue weighted by molar-refractivity contribution is -0.139. The average Bonchev–Trinajstić information content (AvgIpc) is 3.43. The van der Waals surface area contributed by atoms with Gasteiger partial charge in [-0.05, 0) is 44.9 Å². The zero-order valence-corrected chi connectivity index (χ0v) is 24.8. The molecule has 0 saturated carbocycles. The van der Waals surface area contributed by atoms with Crippen LogP contribution in [0.3, 0.4) is 0 Å². The van der Waals surface area contributed by atoms with Gasteiger partial charge in [0.05, 0.1) is 12.1 Å². The molecule has 0 radical (unpaired) electrons. The molecule has 3 aromatic rings. The normalized spacial score (nSPS) is 16.5. The fourth-order valence-electron chi connectivity index (χ4n) is 5.23. The number of amides is 3. The van der Waals surface area contributed by atoms with E-state index in [4.69, 9.17) is 21.7 Å². The number of rotatable bonds is 7. The molecule has 3 amide bonds. The number of thiophene rings is 1. The zero-order chi connectivity index (χ0) is 29.3. The summed E-state index contributed by atoms with van der Waals surface area (Å²) >= 11 is 7.86. The molecule has 4 heterocycles. The maximum atomic E-state index is 13.6. The molecule has 2 aliphatic heterocycles. The van der Waals surface area contributed by atoms with Gasteiger partial charge in [-0.1, -0.05) is 23.7 Å². The van der Waals surface area contributed by atoms with E-state index in [0.717, 1.165) is 33.2 Å². The smallest absolute Gasteiger partial charge is 0.404 e. The largest absolute Gasteiger partial charge is 0.465 e. The monoisotopic (exact) mass is 597 g/mol. The first-order valence-corrected chi connectivity index (χ1v) is 14.7. The summed E-state index contributed by atoms with van der Waals surface area (Å²) in [5, 5.41) is 21.4. The number of piperazine rings is 1. The van der Waals surface area contributed by atoms with Crippen molar-refractivity contribution in [1.29, 1.82) is 0 Å². The van der Waals surface area contributed by atoms with E-state index in [9.17, 15) is 14.4 Å². The van der Waals surface area contributed by atoms with Crippen LogP contribution in [0, 0.1) is 20.8 Å². The van der Waals surface area contributed by atoms with E-state index in [1.807, 2.05) is 35.8 Å². The van der Waals surface area contributed by atoms with Crippen molar-refractivity contribution in [1.82, 2.24) is 29.9 Å². The van der Waals surface area contributed by atoms with Crippen LogP contribution in [0.1, 0.15) is 58.5 Å². The molecule has 41 heavy (non-hydrogen) atoms. The minimum Gasteiger partial charge on any atom is -0.465 e. The van der Waals surface area contributed by atoms with Crippen LogP contribution >= 0.6 is 22.9 Å². The number of nitrogens with zero attached hydrogens (tertiary/aromatic N) is 6. The van der Waals surface area contributed by atoms with Crippen LogP contribution in [-0.2, 0) is 9.59 Å². The van der Waals surface area contributed by atoms with Gasteiger partial charge < -0.3 is 20.2 Å². The zero-order valence-electron chi connectivity index (χ0n) is 23.2. The number of nitrogens with one attached hydrogen (secondary N) is 1. The Morgan fingerprint density at radius 2 is 1.68 bits per heavy atom. The molecule has 2 aromatic heterocycles. The van der Waals surface area contributed by atoms with Crippen LogP contribution in [0.2, 0.25) is 5.02 Å². The molecule has 2 aliphatic rings. The number of hydrogen-bond acceptors (Lipinski definition) is 7. The Labute approximate surface area is 246 Å². The second kappa shape index (κ2) is 12.0. The van der Waals surface area contributed by atoms with Crippen molar-refractivity contribution < 1.29 is 19.5 Å². The first kappa shape index (κ1) is 28.7. The van der Waals surface area contributed by atoms with Crippen molar-refractivity contribution in [2.24, 2.45) is 4.99 Å². The van der Waals surface area contributed by atoms with Gasteiger partial charge in [0.1, 0.15) is 16.9 Å². The van der Waals surface area contributed by atoms with Crippen LogP contribution in [0.25, 0.3) is 5.00 Å². The molecule has 1 saturated heterocycles. The molecule has 0 spiro atoms. The Hall–Kier alpha value is -3.77. The lowest BCUT2D eigenvalue weighted by Gasteiger charge is -2.35. The molecule has 1 aromatic carbocycles. The van der Waals surface area contributed by atoms with Crippen molar-refractivity contribution in [2.45, 2.75) is 46.1 Å². The number of aliphatic imine (C=N–C) groups is 1. The van der Waals surface area contributed by atoms with Gasteiger partial charge in [-0.3, -0.25) is 19.1 Å². The van der Waals surface area contributed by atoms with E-state index in [-0.39, 0.29) is 31.2 Å². The third-order valence-electron chi connectivity index (χ3n) is 7.55. The number of aromatic nitrogens is 3. The number of halogens is 1. The van der Waals surface area contributed by atoms with Crippen LogP contribution in [0.4, 0.5) is 4.79 Å². The Morgan fingerprint density at radius 1 is 1.02 bits per heavy atom. The van der Waals surface area contributed by atoms with Crippen molar-refractivity contribution >= 4 is 46.6 Å². The van der Waals surface area contributed by atoms with Gasteiger partial charge in [0.25, 0.3) is 0 Å². The van der Waals surface area contributed by atoms with Crippen molar-refractivity contribution in [3.05, 3.63) is 62.5 Å². The van der Waals surface area contributed by atoms with Gasteiger partial charge in [0, 0.05) is 60.2 Å². The van der Waals surface area contributed by atoms with E-state index in [1.165, 1.54) is 4.88 Å². The number of fused-ring (bicyclic) bond motifs is 3. The Balaban J connectivity index is 1.36. The SMILES string of the molecule is Cc1sc2c(c1C)C(c1ccc(Cl)cc1)=N[C@@H](CC(=O)N1CCN(C(=O)CCCNC(=O)O)CC1)c1nnc(C)n1-2. The van der Waals surface area contributed by atoms with Gasteiger partial charge in [0.2, 0.25) is 11.8 Å². The second-order valence-corrected chi connectivity index (χ2v) is 11.8. The number of hydrogen-bond donors (Lipinski definition) is 2. The number of carbonyl (C=O) groups is 3. The van der Waals surface area contributed by atoms with Gasteiger partial charge in [-0.15, -0.1) is 21.5 Å². The number of carbonyl (C=O) groups excluding carboxylic acids is 2. The second-order valence-electron chi connectivity index (χ2n) is 10.2. The van der Waals surface area contributed by atoms with Crippen molar-refractivity contribution in [3.63, 3.8) is 0 Å². The van der Waals surface area contributed by atoms with E-state index < -0.39 is 12.1 Å². The third kappa shape index (κ3) is 5.98. The highest BCUT2D eigenvalue weighted by Crippen LogP contribution is 2.39. The summed E-state index contributed by atoms with van der Waals surface area (Å²) in [5.74, 6) is 1.27. The molecule has 216 valence electrons. The first-order chi connectivity index (χ1) is 19.6. The van der Waals surface area contributed by atoms with Gasteiger partial charge in [-0.25, -0.2) is 4.79 Å². The Bertz CT molecular complexity index is 1510. The van der Waals surface area contributed by atoms with Crippen LogP contribution in [-0.4, -0.2) is 86.0 Å². The summed E-state index contributed by atoms with van der Waals surface area (Å²) in [4.78, 5) is 46.6. The summed E-state index contributed by atoms with van der Waals surface area (Å²) in [6.45, 7) is 8.04. The standard InChI is InChI=1S/C28H32ClN7O4S/c1-16-17(2)41-27-24(16)25(19-6-8-20(29)9-7-19)31-21(26-33-32-18(3)36(26)27)15-23(38)35-13-11-34(12-14-35)22(37)5-4-10-30-28(39)40/h6-9,21,30H,4-5,10-15H2,1-3H3,(H,39,40)/t21-/m0/s1. The van der Waals surface area contributed by atoms with Crippen molar-refractivity contribution in [3.8, 4) is 5.00 Å². The average molecular weight is 598 g/mol. The fourth-order valence-corrected chi connectivity index (χ4v) is 6.57. The van der Waals surface area contributed by atoms with E-state index in [2.05, 4.69) is 29.4 Å². The molecule has 13 heteroatoms. The van der Waals surface area contributed by atoms with E-state index in [1.54, 1.807) is 21.1 Å². The molecule has 1 fully saturated rings. The topological polar surface area (TPSA) is 133 Å². The summed E-state index contributed by atoms with van der Waals surface area (Å²) in [5.41, 5.74) is 3.86. The van der Waals surface area contributed by atoms with Crippen LogP contribution in [0.5, 0.6) is 0 Å². The van der Waals surface area contributed by atoms with Gasteiger partial charge >= 0.3 is 6.09 Å². The van der Waals surface area contributed by atoms with Crippen LogP contribution in [0.15, 0.2) is 29.3 Å². The van der Waals surface area contributed by atoms with E-state index >= 15 is 0 Å². The highest BCUT2D eigenvalue weighted by Gasteiger charge is 2.34. The molecule has 5 rings (SSSR count). The first-order valence-electron chi connectivity index (χ1n) is 13.5. The minimum atomic E-state index is -1.10.